The van der Waals surface area contributed by atoms with E-state index < -0.39 is 0 Å². The van der Waals surface area contributed by atoms with Crippen molar-refractivity contribution in [2.75, 3.05) is 30.9 Å². The van der Waals surface area contributed by atoms with Crippen molar-refractivity contribution in [3.63, 3.8) is 0 Å². The summed E-state index contributed by atoms with van der Waals surface area (Å²) in [7, 11) is 5.77. The minimum absolute atomic E-state index is 0.694. The molecule has 2 rings (SSSR count). The van der Waals surface area contributed by atoms with E-state index in [4.69, 9.17) is 0 Å². The fourth-order valence-electron chi connectivity index (χ4n) is 1.68. The topological polar surface area (TPSA) is 58.9 Å². The number of hydrogen-bond acceptors (Lipinski definition) is 5. The van der Waals surface area contributed by atoms with Crippen LogP contribution in [-0.4, -0.2) is 40.4 Å². The van der Waals surface area contributed by atoms with E-state index in [0.29, 0.717) is 5.95 Å². The van der Waals surface area contributed by atoms with Crippen LogP contribution < -0.4 is 10.2 Å². The van der Waals surface area contributed by atoms with Crippen LogP contribution in [0.25, 0.3) is 11.3 Å². The third kappa shape index (κ3) is 3.21. The van der Waals surface area contributed by atoms with Gasteiger partial charge in [0.05, 0.1) is 11.9 Å². The second-order valence-corrected chi connectivity index (χ2v) is 4.66. The average Bonchev–Trinajstić information content (AvgIpc) is 2.82. The highest BCUT2D eigenvalue weighted by Crippen LogP contribution is 2.21. The Morgan fingerprint density at radius 3 is 2.68 bits per heavy atom. The summed E-state index contributed by atoms with van der Waals surface area (Å²) < 4.78 is 1.77. The van der Waals surface area contributed by atoms with Crippen LogP contribution in [0.3, 0.4) is 0 Å². The lowest BCUT2D eigenvalue weighted by atomic mass is 10.2. The van der Waals surface area contributed by atoms with E-state index in [-0.39, 0.29) is 0 Å². The predicted molar refractivity (Wildman–Crippen MR) is 77.3 cm³/mol. The molecule has 0 amide bonds. The monoisotopic (exact) mass is 260 g/mol. The molecule has 0 bridgehead atoms. The van der Waals surface area contributed by atoms with Crippen molar-refractivity contribution >= 4 is 11.8 Å². The first-order valence-electron chi connectivity index (χ1n) is 6.39. The van der Waals surface area contributed by atoms with Gasteiger partial charge < -0.3 is 10.2 Å². The molecule has 1 N–H and O–H groups in total. The first-order valence-corrected chi connectivity index (χ1v) is 6.39. The molecule has 0 spiro atoms. The number of aryl methyl sites for hydroxylation is 1. The fourth-order valence-corrected chi connectivity index (χ4v) is 1.68. The molecular weight excluding hydrogens is 240 g/mol. The van der Waals surface area contributed by atoms with Gasteiger partial charge in [0.1, 0.15) is 5.82 Å². The first-order chi connectivity index (χ1) is 9.10. The smallest absolute Gasteiger partial charge is 0.227 e. The standard InChI is InChI=1S/C13H20N6/c1-5-6-14-12-7-11(10-8-15-19(4)9-10)16-13(17-12)18(2)3/h7-9H,5-6H2,1-4H3,(H,14,16,17). The maximum absolute atomic E-state index is 4.55. The van der Waals surface area contributed by atoms with Gasteiger partial charge in [-0.15, -0.1) is 0 Å². The average molecular weight is 260 g/mol. The zero-order chi connectivity index (χ0) is 13.8. The van der Waals surface area contributed by atoms with Gasteiger partial charge in [-0.3, -0.25) is 4.68 Å². The Labute approximate surface area is 113 Å². The molecular formula is C13H20N6. The van der Waals surface area contributed by atoms with E-state index in [1.165, 1.54) is 0 Å². The molecule has 0 aromatic carbocycles. The van der Waals surface area contributed by atoms with Gasteiger partial charge in [0.2, 0.25) is 5.95 Å². The van der Waals surface area contributed by atoms with Crippen LogP contribution in [-0.2, 0) is 7.05 Å². The SMILES string of the molecule is CCCNc1cc(-c2cnn(C)c2)nc(N(C)C)n1. The highest BCUT2D eigenvalue weighted by molar-refractivity contribution is 5.63. The van der Waals surface area contributed by atoms with E-state index in [1.54, 1.807) is 4.68 Å². The number of hydrogen-bond donors (Lipinski definition) is 1. The molecule has 0 aliphatic rings. The summed E-state index contributed by atoms with van der Waals surface area (Å²) >= 11 is 0. The van der Waals surface area contributed by atoms with Crippen molar-refractivity contribution in [1.82, 2.24) is 19.7 Å². The molecule has 0 atom stereocenters. The number of aromatic nitrogens is 4. The number of rotatable bonds is 5. The van der Waals surface area contributed by atoms with Crippen molar-refractivity contribution in [3.8, 4) is 11.3 Å². The predicted octanol–water partition coefficient (Wildman–Crippen LogP) is 1.76. The van der Waals surface area contributed by atoms with Crippen molar-refractivity contribution in [2.45, 2.75) is 13.3 Å². The Hall–Kier alpha value is -2.11. The quantitative estimate of drug-likeness (QED) is 0.887. The van der Waals surface area contributed by atoms with Gasteiger partial charge in [0.25, 0.3) is 0 Å². The lowest BCUT2D eigenvalue weighted by molar-refractivity contribution is 0.768. The zero-order valence-electron chi connectivity index (χ0n) is 11.9. The van der Waals surface area contributed by atoms with Crippen molar-refractivity contribution in [2.24, 2.45) is 7.05 Å². The molecule has 0 saturated heterocycles. The highest BCUT2D eigenvalue weighted by Gasteiger charge is 2.09. The molecule has 0 aliphatic heterocycles. The van der Waals surface area contributed by atoms with E-state index in [0.717, 1.165) is 30.0 Å². The minimum atomic E-state index is 0.694. The highest BCUT2D eigenvalue weighted by atomic mass is 15.2. The van der Waals surface area contributed by atoms with Gasteiger partial charge in [-0.1, -0.05) is 6.92 Å². The molecule has 2 heterocycles. The van der Waals surface area contributed by atoms with Crippen LogP contribution >= 0.6 is 0 Å². The fraction of sp³-hybridized carbons (Fsp3) is 0.462. The largest absolute Gasteiger partial charge is 0.370 e. The Balaban J connectivity index is 2.39. The number of anilines is 2. The van der Waals surface area contributed by atoms with Crippen LogP contribution in [0.2, 0.25) is 0 Å². The summed E-state index contributed by atoms with van der Waals surface area (Å²) in [6.07, 6.45) is 4.82. The van der Waals surface area contributed by atoms with Crippen LogP contribution in [0.1, 0.15) is 13.3 Å². The molecule has 19 heavy (non-hydrogen) atoms. The summed E-state index contributed by atoms with van der Waals surface area (Å²) in [5.41, 5.74) is 1.87. The van der Waals surface area contributed by atoms with Gasteiger partial charge in [-0.05, 0) is 6.42 Å². The van der Waals surface area contributed by atoms with E-state index in [2.05, 4.69) is 27.3 Å². The molecule has 0 fully saturated rings. The first kappa shape index (κ1) is 13.3. The summed E-state index contributed by atoms with van der Waals surface area (Å²) in [6.45, 7) is 3.03. The second-order valence-electron chi connectivity index (χ2n) is 4.66. The number of nitrogens with one attached hydrogen (secondary N) is 1. The van der Waals surface area contributed by atoms with Gasteiger partial charge in [-0.25, -0.2) is 4.98 Å². The van der Waals surface area contributed by atoms with E-state index in [1.807, 2.05) is 44.5 Å². The van der Waals surface area contributed by atoms with Crippen molar-refractivity contribution in [1.29, 1.82) is 0 Å². The molecule has 6 nitrogen and oxygen atoms in total. The minimum Gasteiger partial charge on any atom is -0.370 e. The van der Waals surface area contributed by atoms with Crippen LogP contribution in [0.5, 0.6) is 0 Å². The van der Waals surface area contributed by atoms with Crippen molar-refractivity contribution < 1.29 is 0 Å². The maximum Gasteiger partial charge on any atom is 0.227 e. The molecule has 2 aromatic rings. The van der Waals surface area contributed by atoms with Gasteiger partial charge in [-0.2, -0.15) is 10.1 Å². The Bertz CT molecular complexity index is 546. The molecule has 0 radical (unpaired) electrons. The third-order valence-corrected chi connectivity index (χ3v) is 2.67. The molecule has 6 heteroatoms. The second kappa shape index (κ2) is 5.69. The number of nitrogens with zero attached hydrogens (tertiary/aromatic N) is 5. The Morgan fingerprint density at radius 2 is 2.11 bits per heavy atom. The summed E-state index contributed by atoms with van der Waals surface area (Å²) in [5.74, 6) is 1.54. The maximum atomic E-state index is 4.55. The molecule has 2 aromatic heterocycles. The van der Waals surface area contributed by atoms with Gasteiger partial charge in [0.15, 0.2) is 0 Å². The van der Waals surface area contributed by atoms with Crippen molar-refractivity contribution in [3.05, 3.63) is 18.5 Å². The summed E-state index contributed by atoms with van der Waals surface area (Å²) in [5, 5.41) is 7.48. The molecule has 102 valence electrons. The van der Waals surface area contributed by atoms with Gasteiger partial charge >= 0.3 is 0 Å². The molecule has 0 aliphatic carbocycles. The lowest BCUT2D eigenvalue weighted by Crippen LogP contribution is -2.14. The normalized spacial score (nSPS) is 10.5. The molecule has 0 unspecified atom stereocenters. The van der Waals surface area contributed by atoms with E-state index in [9.17, 15) is 0 Å². The van der Waals surface area contributed by atoms with Crippen LogP contribution in [0.15, 0.2) is 18.5 Å². The third-order valence-electron chi connectivity index (χ3n) is 2.67. The van der Waals surface area contributed by atoms with Crippen LogP contribution in [0, 0.1) is 0 Å². The zero-order valence-corrected chi connectivity index (χ0v) is 11.9. The van der Waals surface area contributed by atoms with Crippen LogP contribution in [0.4, 0.5) is 11.8 Å². The summed E-state index contributed by atoms with van der Waals surface area (Å²) in [6, 6.07) is 1.96. The Morgan fingerprint density at radius 1 is 1.32 bits per heavy atom. The van der Waals surface area contributed by atoms with Gasteiger partial charge in [0, 0.05) is 45.5 Å². The Kier molecular flexibility index (Phi) is 3.99. The van der Waals surface area contributed by atoms with E-state index >= 15 is 0 Å². The lowest BCUT2D eigenvalue weighted by Gasteiger charge is -2.13. The summed E-state index contributed by atoms with van der Waals surface area (Å²) in [4.78, 5) is 10.9. The molecule has 0 saturated carbocycles.